The predicted molar refractivity (Wildman–Crippen MR) is 105 cm³/mol. The van der Waals surface area contributed by atoms with Crippen LogP contribution in [0.3, 0.4) is 0 Å². The fraction of sp³-hybridized carbons (Fsp3) is 0.400. The Morgan fingerprint density at radius 1 is 1.13 bits per heavy atom. The van der Waals surface area contributed by atoms with E-state index in [0.29, 0.717) is 41.5 Å². The summed E-state index contributed by atoms with van der Waals surface area (Å²) in [5, 5.41) is 9.55. The van der Waals surface area contributed by atoms with Gasteiger partial charge in [-0.1, -0.05) is 11.6 Å². The Labute approximate surface area is 171 Å². The van der Waals surface area contributed by atoms with Crippen LogP contribution in [0.5, 0.6) is 0 Å². The standard InChI is InChI=1S/C20H21N7O3/c28-16-7-6-12-17(22-10-23-18(12)26-16)20(29)21-9-11-8-15(27-30-11)19-24-13-4-2-1-3-5-14(13)25-19/h8,10H,1-7,9H2,(H,21,29)(H,24,25)(H,22,23,26,28). The van der Waals surface area contributed by atoms with Gasteiger partial charge in [0.1, 0.15) is 23.5 Å². The van der Waals surface area contributed by atoms with Crippen molar-refractivity contribution < 1.29 is 14.1 Å². The fourth-order valence-electron chi connectivity index (χ4n) is 3.90. The topological polar surface area (TPSA) is 139 Å². The third-order valence-corrected chi connectivity index (χ3v) is 5.45. The van der Waals surface area contributed by atoms with Crippen molar-refractivity contribution in [3.05, 3.63) is 40.8 Å². The maximum atomic E-state index is 12.6. The summed E-state index contributed by atoms with van der Waals surface area (Å²) in [4.78, 5) is 40.3. The largest absolute Gasteiger partial charge is 0.359 e. The van der Waals surface area contributed by atoms with E-state index < -0.39 is 0 Å². The highest BCUT2D eigenvalue weighted by atomic mass is 16.5. The van der Waals surface area contributed by atoms with E-state index in [1.165, 1.54) is 24.9 Å². The molecule has 0 fully saturated rings. The monoisotopic (exact) mass is 407 g/mol. The third kappa shape index (κ3) is 3.56. The summed E-state index contributed by atoms with van der Waals surface area (Å²) >= 11 is 0. The molecule has 0 atom stereocenters. The second kappa shape index (κ2) is 7.69. The van der Waals surface area contributed by atoms with Crippen molar-refractivity contribution in [3.63, 3.8) is 0 Å². The molecule has 1 aliphatic heterocycles. The smallest absolute Gasteiger partial charge is 0.270 e. The van der Waals surface area contributed by atoms with Crippen LogP contribution in [0, 0.1) is 0 Å². The molecule has 2 aliphatic rings. The Morgan fingerprint density at radius 3 is 2.97 bits per heavy atom. The van der Waals surface area contributed by atoms with Crippen LogP contribution in [0.15, 0.2) is 16.9 Å². The molecule has 0 saturated heterocycles. The Balaban J connectivity index is 1.27. The van der Waals surface area contributed by atoms with Crippen LogP contribution >= 0.6 is 0 Å². The first kappa shape index (κ1) is 18.5. The number of amides is 2. The molecule has 0 spiro atoms. The van der Waals surface area contributed by atoms with Crippen LogP contribution in [-0.4, -0.2) is 36.9 Å². The molecule has 1 aliphatic carbocycles. The molecule has 2 amide bonds. The Hall–Kier alpha value is -3.56. The molecule has 0 unspecified atom stereocenters. The SMILES string of the molecule is O=C1CCc2c(ncnc2C(=O)NCc2cc(-c3nc4c([nH]3)CCCCC4)no2)N1. The average Bonchev–Trinajstić information content (AvgIpc) is 3.33. The number of H-pyrrole nitrogens is 1. The Bertz CT molecular complexity index is 1090. The lowest BCUT2D eigenvalue weighted by Gasteiger charge is -2.17. The van der Waals surface area contributed by atoms with Gasteiger partial charge in [-0.05, 0) is 32.1 Å². The Kier molecular flexibility index (Phi) is 4.74. The Morgan fingerprint density at radius 2 is 2.03 bits per heavy atom. The van der Waals surface area contributed by atoms with E-state index in [4.69, 9.17) is 4.52 Å². The maximum absolute atomic E-state index is 12.6. The minimum absolute atomic E-state index is 0.114. The number of rotatable bonds is 4. The van der Waals surface area contributed by atoms with Crippen LogP contribution < -0.4 is 10.6 Å². The van der Waals surface area contributed by atoms with Gasteiger partial charge >= 0.3 is 0 Å². The zero-order valence-electron chi connectivity index (χ0n) is 16.3. The number of hydrogen-bond acceptors (Lipinski definition) is 7. The van der Waals surface area contributed by atoms with Crippen LogP contribution in [0.25, 0.3) is 11.5 Å². The van der Waals surface area contributed by atoms with E-state index >= 15 is 0 Å². The lowest BCUT2D eigenvalue weighted by Crippen LogP contribution is -2.28. The van der Waals surface area contributed by atoms with Crippen LogP contribution in [-0.2, 0) is 30.6 Å². The van der Waals surface area contributed by atoms with Gasteiger partial charge in [0.05, 0.1) is 12.2 Å². The summed E-state index contributed by atoms with van der Waals surface area (Å²) < 4.78 is 5.37. The van der Waals surface area contributed by atoms with Gasteiger partial charge < -0.3 is 20.1 Å². The number of carbonyl (C=O) groups is 2. The summed E-state index contributed by atoms with van der Waals surface area (Å²) in [5.74, 6) is 1.14. The number of imidazole rings is 1. The van der Waals surface area contributed by atoms with Crippen molar-refractivity contribution in [1.82, 2.24) is 30.4 Å². The third-order valence-electron chi connectivity index (χ3n) is 5.45. The summed E-state index contributed by atoms with van der Waals surface area (Å²) in [6.45, 7) is 0.164. The highest BCUT2D eigenvalue weighted by Crippen LogP contribution is 2.24. The molecule has 154 valence electrons. The molecule has 3 aromatic heterocycles. The number of hydrogen-bond donors (Lipinski definition) is 3. The van der Waals surface area contributed by atoms with E-state index in [1.807, 2.05) is 0 Å². The molecule has 3 N–H and O–H groups in total. The molecule has 10 heteroatoms. The predicted octanol–water partition coefficient (Wildman–Crippen LogP) is 1.94. The molecule has 0 saturated carbocycles. The number of carbonyl (C=O) groups excluding carboxylic acids is 2. The zero-order valence-corrected chi connectivity index (χ0v) is 16.3. The number of fused-ring (bicyclic) bond motifs is 2. The van der Waals surface area contributed by atoms with Crippen molar-refractivity contribution >= 4 is 17.6 Å². The van der Waals surface area contributed by atoms with Gasteiger partial charge in [-0.3, -0.25) is 9.59 Å². The summed E-state index contributed by atoms with van der Waals surface area (Å²) in [6, 6.07) is 1.77. The van der Waals surface area contributed by atoms with Crippen molar-refractivity contribution in [2.45, 2.75) is 51.5 Å². The highest BCUT2D eigenvalue weighted by molar-refractivity contribution is 5.99. The van der Waals surface area contributed by atoms with Crippen molar-refractivity contribution in [2.24, 2.45) is 0 Å². The van der Waals surface area contributed by atoms with Crippen LogP contribution in [0.4, 0.5) is 5.82 Å². The molecule has 10 nitrogen and oxygen atoms in total. The summed E-state index contributed by atoms with van der Waals surface area (Å²) in [6.07, 6.45) is 7.55. The highest BCUT2D eigenvalue weighted by Gasteiger charge is 2.23. The fourth-order valence-corrected chi connectivity index (χ4v) is 3.90. The van der Waals surface area contributed by atoms with Gasteiger partial charge in [-0.25, -0.2) is 15.0 Å². The number of nitrogens with one attached hydrogen (secondary N) is 3. The normalized spacial score (nSPS) is 15.7. The van der Waals surface area contributed by atoms with Crippen molar-refractivity contribution in [1.29, 1.82) is 0 Å². The molecule has 0 aromatic carbocycles. The van der Waals surface area contributed by atoms with Crippen molar-refractivity contribution in [3.8, 4) is 11.5 Å². The lowest BCUT2D eigenvalue weighted by molar-refractivity contribution is -0.116. The molecular weight excluding hydrogens is 386 g/mol. The first-order chi connectivity index (χ1) is 14.7. The van der Waals surface area contributed by atoms with E-state index in [0.717, 1.165) is 25.0 Å². The van der Waals surface area contributed by atoms with Crippen molar-refractivity contribution in [2.75, 3.05) is 5.32 Å². The number of anilines is 1. The second-order valence-corrected chi connectivity index (χ2v) is 7.53. The van der Waals surface area contributed by atoms with E-state index in [2.05, 4.69) is 35.7 Å². The zero-order chi connectivity index (χ0) is 20.5. The number of aromatic amines is 1. The first-order valence-corrected chi connectivity index (χ1v) is 10.1. The van der Waals surface area contributed by atoms with Gasteiger partial charge in [0.15, 0.2) is 11.6 Å². The minimum atomic E-state index is -0.354. The quantitative estimate of drug-likeness (QED) is 0.562. The molecule has 0 radical (unpaired) electrons. The molecule has 3 aromatic rings. The summed E-state index contributed by atoms with van der Waals surface area (Å²) in [5.41, 5.74) is 3.82. The van der Waals surface area contributed by atoms with Gasteiger partial charge in [-0.2, -0.15) is 0 Å². The molecule has 5 rings (SSSR count). The van der Waals surface area contributed by atoms with Gasteiger partial charge in [0.2, 0.25) is 5.91 Å². The van der Waals surface area contributed by atoms with E-state index in [9.17, 15) is 9.59 Å². The van der Waals surface area contributed by atoms with E-state index in [-0.39, 0.29) is 24.1 Å². The lowest BCUT2D eigenvalue weighted by atomic mass is 10.0. The average molecular weight is 407 g/mol. The van der Waals surface area contributed by atoms with Crippen LogP contribution in [0.1, 0.15) is 58.9 Å². The molecular formula is C20H21N7O3. The molecule has 30 heavy (non-hydrogen) atoms. The van der Waals surface area contributed by atoms with Gasteiger partial charge in [0.25, 0.3) is 5.91 Å². The number of nitrogens with zero attached hydrogens (tertiary/aromatic N) is 4. The maximum Gasteiger partial charge on any atom is 0.270 e. The minimum Gasteiger partial charge on any atom is -0.359 e. The van der Waals surface area contributed by atoms with Gasteiger partial charge in [0, 0.05) is 23.7 Å². The molecule has 4 heterocycles. The van der Waals surface area contributed by atoms with Gasteiger partial charge in [-0.15, -0.1) is 0 Å². The van der Waals surface area contributed by atoms with Crippen LogP contribution in [0.2, 0.25) is 0 Å². The molecule has 0 bridgehead atoms. The summed E-state index contributed by atoms with van der Waals surface area (Å²) in [7, 11) is 0. The number of aromatic nitrogens is 5. The second-order valence-electron chi connectivity index (χ2n) is 7.53. The number of aryl methyl sites for hydroxylation is 2. The first-order valence-electron chi connectivity index (χ1n) is 10.1. The van der Waals surface area contributed by atoms with E-state index in [1.54, 1.807) is 6.07 Å².